The molecule has 0 amide bonds. The number of alkyl halides is 1. The summed E-state index contributed by atoms with van der Waals surface area (Å²) in [6, 6.07) is 0. The lowest BCUT2D eigenvalue weighted by Gasteiger charge is -2.23. The summed E-state index contributed by atoms with van der Waals surface area (Å²) in [7, 11) is 0. The molecular weight excluding hydrogens is 230 g/mol. The van der Waals surface area contributed by atoms with Gasteiger partial charge in [0.05, 0.1) is 12.2 Å². The van der Waals surface area contributed by atoms with Gasteiger partial charge in [0.1, 0.15) is 0 Å². The standard InChI is InChI=1S/C10H22BrNO/c1-5-12(7-6-11)8-9-13-10(2,3)4/h5-9H2,1-4H3. The molecule has 0 N–H and O–H groups in total. The van der Waals surface area contributed by atoms with E-state index in [4.69, 9.17) is 4.74 Å². The van der Waals surface area contributed by atoms with Crippen LogP contribution in [-0.2, 0) is 4.74 Å². The van der Waals surface area contributed by atoms with Crippen molar-refractivity contribution in [2.75, 3.05) is 31.6 Å². The maximum absolute atomic E-state index is 5.65. The first-order chi connectivity index (χ1) is 5.99. The van der Waals surface area contributed by atoms with Gasteiger partial charge in [0.15, 0.2) is 0 Å². The maximum Gasteiger partial charge on any atom is 0.0600 e. The molecule has 0 aromatic carbocycles. The normalized spacial score (nSPS) is 12.5. The molecule has 13 heavy (non-hydrogen) atoms. The minimum absolute atomic E-state index is 0.00614. The predicted octanol–water partition coefficient (Wildman–Crippen LogP) is 2.52. The van der Waals surface area contributed by atoms with E-state index >= 15 is 0 Å². The van der Waals surface area contributed by atoms with E-state index in [2.05, 4.69) is 48.5 Å². The van der Waals surface area contributed by atoms with E-state index in [9.17, 15) is 0 Å². The summed E-state index contributed by atoms with van der Waals surface area (Å²) in [5, 5.41) is 1.04. The Bertz CT molecular complexity index is 123. The Balaban J connectivity index is 3.49. The summed E-state index contributed by atoms with van der Waals surface area (Å²) >= 11 is 3.44. The molecule has 0 aromatic heterocycles. The van der Waals surface area contributed by atoms with Crippen LogP contribution in [0.5, 0.6) is 0 Å². The quantitative estimate of drug-likeness (QED) is 0.673. The zero-order chi connectivity index (χ0) is 10.3. The average Bonchev–Trinajstić information content (AvgIpc) is 2.01. The van der Waals surface area contributed by atoms with Crippen molar-refractivity contribution >= 4 is 15.9 Å². The van der Waals surface area contributed by atoms with Gasteiger partial charge in [-0.2, -0.15) is 0 Å². The van der Waals surface area contributed by atoms with Gasteiger partial charge >= 0.3 is 0 Å². The number of nitrogens with zero attached hydrogens (tertiary/aromatic N) is 1. The van der Waals surface area contributed by atoms with Crippen LogP contribution in [0.1, 0.15) is 27.7 Å². The highest BCUT2D eigenvalue weighted by atomic mass is 79.9. The number of halogens is 1. The zero-order valence-electron chi connectivity index (χ0n) is 9.27. The van der Waals surface area contributed by atoms with E-state index in [1.54, 1.807) is 0 Å². The SMILES string of the molecule is CCN(CCBr)CCOC(C)(C)C. The Kier molecular flexibility index (Phi) is 7.00. The van der Waals surface area contributed by atoms with E-state index in [-0.39, 0.29) is 5.60 Å². The molecule has 0 atom stereocenters. The number of hydrogen-bond acceptors (Lipinski definition) is 2. The van der Waals surface area contributed by atoms with Gasteiger partial charge in [-0.15, -0.1) is 0 Å². The van der Waals surface area contributed by atoms with Gasteiger partial charge in [0.25, 0.3) is 0 Å². The molecule has 0 saturated carbocycles. The third-order valence-electron chi connectivity index (χ3n) is 1.79. The summed E-state index contributed by atoms with van der Waals surface area (Å²) in [6.07, 6.45) is 0. The molecule has 0 spiro atoms. The van der Waals surface area contributed by atoms with Crippen molar-refractivity contribution in [3.8, 4) is 0 Å². The van der Waals surface area contributed by atoms with Crippen molar-refractivity contribution in [3.05, 3.63) is 0 Å². The lowest BCUT2D eigenvalue weighted by molar-refractivity contribution is -0.0120. The van der Waals surface area contributed by atoms with Gasteiger partial charge in [-0.05, 0) is 27.3 Å². The molecule has 0 fully saturated rings. The molecule has 0 aromatic rings. The molecule has 0 aliphatic carbocycles. The third-order valence-corrected chi connectivity index (χ3v) is 2.15. The van der Waals surface area contributed by atoms with E-state index in [0.29, 0.717) is 0 Å². The van der Waals surface area contributed by atoms with Crippen LogP contribution < -0.4 is 0 Å². The molecular formula is C10H22BrNO. The predicted molar refractivity (Wildman–Crippen MR) is 61.6 cm³/mol. The van der Waals surface area contributed by atoms with Crippen molar-refractivity contribution in [1.82, 2.24) is 4.90 Å². The number of rotatable bonds is 6. The van der Waals surface area contributed by atoms with E-state index < -0.39 is 0 Å². The van der Waals surface area contributed by atoms with Gasteiger partial charge in [0, 0.05) is 18.4 Å². The van der Waals surface area contributed by atoms with Crippen molar-refractivity contribution < 1.29 is 4.74 Å². The lowest BCUT2D eigenvalue weighted by Crippen LogP contribution is -2.32. The van der Waals surface area contributed by atoms with Crippen LogP contribution in [0.3, 0.4) is 0 Å². The van der Waals surface area contributed by atoms with E-state index in [0.717, 1.165) is 31.6 Å². The molecule has 0 aliphatic heterocycles. The molecule has 0 bridgehead atoms. The molecule has 0 rings (SSSR count). The van der Waals surface area contributed by atoms with Gasteiger partial charge < -0.3 is 9.64 Å². The molecule has 80 valence electrons. The lowest BCUT2D eigenvalue weighted by atomic mass is 10.2. The Morgan fingerprint density at radius 1 is 1.23 bits per heavy atom. The van der Waals surface area contributed by atoms with E-state index in [1.807, 2.05) is 0 Å². The number of likely N-dealkylation sites (N-methyl/N-ethyl adjacent to an activating group) is 1. The fraction of sp³-hybridized carbons (Fsp3) is 1.00. The van der Waals surface area contributed by atoms with Crippen LogP contribution >= 0.6 is 15.9 Å². The molecule has 3 heteroatoms. The Morgan fingerprint density at radius 3 is 2.23 bits per heavy atom. The van der Waals surface area contributed by atoms with E-state index in [1.165, 1.54) is 0 Å². The minimum atomic E-state index is -0.00614. The molecule has 0 saturated heterocycles. The van der Waals surface area contributed by atoms with Crippen LogP contribution in [-0.4, -0.2) is 42.1 Å². The third kappa shape index (κ3) is 8.72. The van der Waals surface area contributed by atoms with Gasteiger partial charge in [-0.25, -0.2) is 0 Å². The summed E-state index contributed by atoms with van der Waals surface area (Å²) < 4.78 is 5.65. The average molecular weight is 252 g/mol. The number of ether oxygens (including phenoxy) is 1. The van der Waals surface area contributed by atoms with Gasteiger partial charge in [-0.1, -0.05) is 22.9 Å². The van der Waals surface area contributed by atoms with Crippen LogP contribution in [0.25, 0.3) is 0 Å². The monoisotopic (exact) mass is 251 g/mol. The summed E-state index contributed by atoms with van der Waals surface area (Å²) in [5.41, 5.74) is -0.00614. The smallest absolute Gasteiger partial charge is 0.0600 e. The van der Waals surface area contributed by atoms with Gasteiger partial charge in [-0.3, -0.25) is 0 Å². The number of hydrogen-bond donors (Lipinski definition) is 0. The Hall–Kier alpha value is 0.400. The molecule has 2 nitrogen and oxygen atoms in total. The highest BCUT2D eigenvalue weighted by Gasteiger charge is 2.10. The van der Waals surface area contributed by atoms with Gasteiger partial charge in [0.2, 0.25) is 0 Å². The molecule has 0 heterocycles. The van der Waals surface area contributed by atoms with Crippen LogP contribution in [0.2, 0.25) is 0 Å². The highest BCUT2D eigenvalue weighted by molar-refractivity contribution is 9.09. The fourth-order valence-electron chi connectivity index (χ4n) is 1.03. The minimum Gasteiger partial charge on any atom is -0.375 e. The Labute approximate surface area is 90.8 Å². The highest BCUT2D eigenvalue weighted by Crippen LogP contribution is 2.06. The zero-order valence-corrected chi connectivity index (χ0v) is 10.9. The van der Waals surface area contributed by atoms with Crippen LogP contribution in [0.4, 0.5) is 0 Å². The van der Waals surface area contributed by atoms with Crippen LogP contribution in [0.15, 0.2) is 0 Å². The maximum atomic E-state index is 5.65. The summed E-state index contributed by atoms with van der Waals surface area (Å²) in [6.45, 7) is 12.5. The molecule has 0 unspecified atom stereocenters. The first-order valence-electron chi connectivity index (χ1n) is 4.92. The Morgan fingerprint density at radius 2 is 1.85 bits per heavy atom. The second kappa shape index (κ2) is 6.80. The first kappa shape index (κ1) is 13.4. The fourth-order valence-corrected chi connectivity index (χ4v) is 1.53. The summed E-state index contributed by atoms with van der Waals surface area (Å²) in [5.74, 6) is 0. The summed E-state index contributed by atoms with van der Waals surface area (Å²) in [4.78, 5) is 2.38. The van der Waals surface area contributed by atoms with Crippen molar-refractivity contribution in [2.45, 2.75) is 33.3 Å². The largest absolute Gasteiger partial charge is 0.375 e. The topological polar surface area (TPSA) is 12.5 Å². The molecule has 0 radical (unpaired) electrons. The second-order valence-electron chi connectivity index (χ2n) is 4.08. The first-order valence-corrected chi connectivity index (χ1v) is 6.04. The molecule has 0 aliphatic rings. The van der Waals surface area contributed by atoms with Crippen molar-refractivity contribution in [3.63, 3.8) is 0 Å². The van der Waals surface area contributed by atoms with Crippen LogP contribution in [0, 0.1) is 0 Å². The van der Waals surface area contributed by atoms with Crippen molar-refractivity contribution in [2.24, 2.45) is 0 Å². The second-order valence-corrected chi connectivity index (χ2v) is 4.88. The van der Waals surface area contributed by atoms with Crippen molar-refractivity contribution in [1.29, 1.82) is 0 Å².